The van der Waals surface area contributed by atoms with Crippen molar-refractivity contribution in [2.24, 2.45) is 11.8 Å². The molecular weight excluding hydrogens is 334 g/mol. The number of aromatic amines is 1. The van der Waals surface area contributed by atoms with Crippen LogP contribution in [0.1, 0.15) is 45.2 Å². The Balaban J connectivity index is 3.04. The Morgan fingerprint density at radius 3 is 2.27 bits per heavy atom. The molecule has 7 nitrogen and oxygen atoms in total. The molecule has 1 atom stereocenters. The zero-order valence-electron chi connectivity index (χ0n) is 15.5. The summed E-state index contributed by atoms with van der Waals surface area (Å²) in [5, 5.41) is -0.928. The van der Waals surface area contributed by atoms with Gasteiger partial charge in [-0.25, -0.2) is 0 Å². The largest absolute Gasteiger partial charge is 0.413 e. The SMILES string of the molecule is C/C(=C\[C@@H](C)CC(C)C)c1c(C)c(=O)[nH]c2c(=O)c(=O)c(=[N+]=[N-])c(=O)c12. The molecule has 1 heterocycles. The highest BCUT2D eigenvalue weighted by molar-refractivity contribution is 5.92. The Morgan fingerprint density at radius 2 is 1.73 bits per heavy atom. The fourth-order valence-corrected chi connectivity index (χ4v) is 3.44. The highest BCUT2D eigenvalue weighted by atomic mass is 16.2. The van der Waals surface area contributed by atoms with Gasteiger partial charge in [-0.3, -0.25) is 19.2 Å². The van der Waals surface area contributed by atoms with Crippen LogP contribution in [0.25, 0.3) is 22.0 Å². The van der Waals surface area contributed by atoms with Crippen LogP contribution >= 0.6 is 0 Å². The number of rotatable bonds is 4. The maximum atomic E-state index is 12.6. The molecule has 26 heavy (non-hydrogen) atoms. The number of nitrogens with zero attached hydrogens (tertiary/aromatic N) is 2. The average molecular weight is 355 g/mol. The Bertz CT molecular complexity index is 1210. The fourth-order valence-electron chi connectivity index (χ4n) is 3.44. The van der Waals surface area contributed by atoms with Crippen molar-refractivity contribution in [1.82, 2.24) is 4.98 Å². The lowest BCUT2D eigenvalue weighted by molar-refractivity contribution is -0.0681. The summed E-state index contributed by atoms with van der Waals surface area (Å²) in [6.07, 6.45) is 2.85. The van der Waals surface area contributed by atoms with E-state index in [4.69, 9.17) is 5.53 Å². The molecule has 0 unspecified atom stereocenters. The van der Waals surface area contributed by atoms with Gasteiger partial charge in [-0.1, -0.05) is 26.8 Å². The van der Waals surface area contributed by atoms with E-state index in [9.17, 15) is 19.2 Å². The van der Waals surface area contributed by atoms with Crippen LogP contribution in [0.15, 0.2) is 25.3 Å². The van der Waals surface area contributed by atoms with Crippen molar-refractivity contribution in [1.29, 1.82) is 0 Å². The second-order valence-corrected chi connectivity index (χ2v) is 7.10. The van der Waals surface area contributed by atoms with Crippen LogP contribution in [-0.4, -0.2) is 9.77 Å². The molecule has 136 valence electrons. The predicted octanol–water partition coefficient (Wildman–Crippen LogP) is 1.01. The quantitative estimate of drug-likeness (QED) is 0.500. The molecule has 7 heteroatoms. The molecule has 0 radical (unpaired) electrons. The van der Waals surface area contributed by atoms with E-state index < -0.39 is 27.2 Å². The van der Waals surface area contributed by atoms with Gasteiger partial charge in [-0.2, -0.15) is 4.79 Å². The minimum absolute atomic E-state index is 0.0926. The number of allylic oxidation sites excluding steroid dienone is 2. The first kappa shape index (κ1) is 19.4. The minimum Gasteiger partial charge on any atom is -0.360 e. The lowest BCUT2D eigenvalue weighted by Crippen LogP contribution is -2.49. The van der Waals surface area contributed by atoms with Gasteiger partial charge in [0.25, 0.3) is 16.4 Å². The van der Waals surface area contributed by atoms with E-state index in [0.717, 1.165) is 6.42 Å². The zero-order chi connectivity index (χ0) is 19.8. The van der Waals surface area contributed by atoms with E-state index in [-0.39, 0.29) is 22.4 Å². The van der Waals surface area contributed by atoms with Crippen molar-refractivity contribution in [3.63, 3.8) is 0 Å². The van der Waals surface area contributed by atoms with Crippen LogP contribution in [0.5, 0.6) is 0 Å². The van der Waals surface area contributed by atoms with E-state index in [2.05, 4.69) is 23.6 Å². The molecule has 0 spiro atoms. The van der Waals surface area contributed by atoms with Gasteiger partial charge in [0.2, 0.25) is 0 Å². The molecule has 2 aromatic rings. The molecule has 0 aliphatic carbocycles. The lowest BCUT2D eigenvalue weighted by Gasteiger charge is -2.13. The molecular formula is C19H21N3O4. The maximum Gasteiger partial charge on any atom is 0.413 e. The van der Waals surface area contributed by atoms with Crippen LogP contribution in [0.3, 0.4) is 0 Å². The number of aromatic nitrogens is 1. The maximum absolute atomic E-state index is 12.6. The Kier molecular flexibility index (Phi) is 5.33. The van der Waals surface area contributed by atoms with Gasteiger partial charge in [0.15, 0.2) is 0 Å². The van der Waals surface area contributed by atoms with Crippen molar-refractivity contribution in [2.75, 3.05) is 0 Å². The number of nitrogens with one attached hydrogen (secondary N) is 1. The summed E-state index contributed by atoms with van der Waals surface area (Å²) >= 11 is 0. The van der Waals surface area contributed by atoms with Crippen molar-refractivity contribution < 1.29 is 4.79 Å². The summed E-state index contributed by atoms with van der Waals surface area (Å²) in [4.78, 5) is 54.1. The second-order valence-electron chi connectivity index (χ2n) is 7.10. The standard InChI is InChI=1S/C19H21N3O4/c1-8(2)6-9(3)7-10(4)12-11(5)19(26)21-14-13(12)16(23)15(22-20)18(25)17(14)24/h7-9H,6H2,1-5H3,(H,21,26)/b10-7+/t9-/m0/s1. The van der Waals surface area contributed by atoms with Gasteiger partial charge in [-0.05, 0) is 43.2 Å². The zero-order valence-corrected chi connectivity index (χ0v) is 15.5. The second kappa shape index (κ2) is 7.14. The van der Waals surface area contributed by atoms with Gasteiger partial charge in [-0.15, -0.1) is 0 Å². The lowest BCUT2D eigenvalue weighted by atomic mass is 9.92. The third-order valence-electron chi connectivity index (χ3n) is 4.42. The number of pyridine rings is 1. The summed E-state index contributed by atoms with van der Waals surface area (Å²) in [5.74, 6) is 0.656. The fraction of sp³-hybridized carbons (Fsp3) is 0.421. The first-order valence-electron chi connectivity index (χ1n) is 8.41. The van der Waals surface area contributed by atoms with Gasteiger partial charge >= 0.3 is 10.8 Å². The van der Waals surface area contributed by atoms with Crippen LogP contribution < -0.4 is 27.2 Å². The van der Waals surface area contributed by atoms with E-state index in [0.29, 0.717) is 17.1 Å². The van der Waals surface area contributed by atoms with Crippen molar-refractivity contribution >= 4 is 16.5 Å². The molecule has 2 rings (SSSR count). The summed E-state index contributed by atoms with van der Waals surface area (Å²) in [6.45, 7) is 9.51. The van der Waals surface area contributed by atoms with Crippen LogP contribution in [0.4, 0.5) is 0 Å². The molecule has 1 N–H and O–H groups in total. The number of fused-ring (bicyclic) bond motifs is 1. The highest BCUT2D eigenvalue weighted by Crippen LogP contribution is 2.24. The highest BCUT2D eigenvalue weighted by Gasteiger charge is 2.22. The normalized spacial score (nSPS) is 13.2. The van der Waals surface area contributed by atoms with Gasteiger partial charge < -0.3 is 10.5 Å². The molecule has 0 aliphatic heterocycles. The molecule has 0 bridgehead atoms. The molecule has 1 aromatic heterocycles. The minimum atomic E-state index is -1.23. The molecule has 0 amide bonds. The van der Waals surface area contributed by atoms with Gasteiger partial charge in [0.05, 0.1) is 5.39 Å². The average Bonchev–Trinajstić information content (AvgIpc) is 2.54. The number of hydrogen-bond donors (Lipinski definition) is 1. The monoisotopic (exact) mass is 355 g/mol. The van der Waals surface area contributed by atoms with Gasteiger partial charge in [0, 0.05) is 5.56 Å². The smallest absolute Gasteiger partial charge is 0.360 e. The van der Waals surface area contributed by atoms with Crippen LogP contribution in [0, 0.1) is 18.8 Å². The summed E-state index contributed by atoms with van der Waals surface area (Å²) in [6, 6.07) is 0. The summed E-state index contributed by atoms with van der Waals surface area (Å²) in [5.41, 5.74) is 6.17. The third kappa shape index (κ3) is 3.26. The van der Waals surface area contributed by atoms with Crippen molar-refractivity contribution in [3.8, 4) is 0 Å². The number of benzene rings is 1. The number of H-pyrrole nitrogens is 1. The first-order chi connectivity index (χ1) is 12.1. The summed E-state index contributed by atoms with van der Waals surface area (Å²) in [7, 11) is 0. The van der Waals surface area contributed by atoms with Crippen molar-refractivity contribution in [3.05, 3.63) is 69.1 Å². The van der Waals surface area contributed by atoms with Crippen LogP contribution in [0.2, 0.25) is 0 Å². The topological polar surface area (TPSA) is 120 Å². The molecule has 0 saturated heterocycles. The Morgan fingerprint density at radius 1 is 1.12 bits per heavy atom. The Hall–Kier alpha value is -2.92. The molecule has 0 saturated carbocycles. The van der Waals surface area contributed by atoms with E-state index in [1.54, 1.807) is 13.8 Å². The van der Waals surface area contributed by atoms with E-state index >= 15 is 0 Å². The molecule has 0 fully saturated rings. The molecule has 0 aliphatic rings. The number of hydrogen-bond acceptors (Lipinski definition) is 4. The Labute approximate surface area is 149 Å². The third-order valence-corrected chi connectivity index (χ3v) is 4.42. The van der Waals surface area contributed by atoms with Crippen LogP contribution in [-0.2, 0) is 0 Å². The summed E-state index contributed by atoms with van der Waals surface area (Å²) < 4.78 is 0. The first-order valence-corrected chi connectivity index (χ1v) is 8.41. The molecule has 1 aromatic carbocycles. The van der Waals surface area contributed by atoms with Gasteiger partial charge in [0.1, 0.15) is 5.52 Å². The van der Waals surface area contributed by atoms with E-state index in [1.807, 2.05) is 13.0 Å². The van der Waals surface area contributed by atoms with E-state index in [1.165, 1.54) is 0 Å². The van der Waals surface area contributed by atoms with Crippen molar-refractivity contribution in [2.45, 2.75) is 41.0 Å². The predicted molar refractivity (Wildman–Crippen MR) is 99.5 cm³/mol.